The van der Waals surface area contributed by atoms with Crippen LogP contribution < -0.4 is 5.32 Å². The average molecular weight is 367 g/mol. The van der Waals surface area contributed by atoms with Gasteiger partial charge in [-0.2, -0.15) is 4.31 Å². The van der Waals surface area contributed by atoms with Gasteiger partial charge in [0.2, 0.25) is 0 Å². The first-order valence-corrected chi connectivity index (χ1v) is 9.54. The molecular formula is C12H19BrN2O2S2. The standard InChI is InChI=1S/C12H19BrN2O2S2/c1-14-6-2-10-3-7-15(8-4-10)19(16,17)12-11(13)5-9-18-12/h5,9-10,14H,2-4,6-8H2,1H3. The largest absolute Gasteiger partial charge is 0.320 e. The third kappa shape index (κ3) is 3.58. The minimum atomic E-state index is -3.30. The van der Waals surface area contributed by atoms with Gasteiger partial charge in [-0.15, -0.1) is 11.3 Å². The molecule has 0 bridgehead atoms. The Kier molecular flexibility index (Phi) is 5.42. The number of nitrogens with zero attached hydrogens (tertiary/aromatic N) is 1. The predicted molar refractivity (Wildman–Crippen MR) is 82.0 cm³/mol. The minimum absolute atomic E-state index is 0.432. The number of nitrogens with one attached hydrogen (secondary N) is 1. The number of hydrogen-bond acceptors (Lipinski definition) is 4. The van der Waals surface area contributed by atoms with Crippen molar-refractivity contribution < 1.29 is 8.42 Å². The summed E-state index contributed by atoms with van der Waals surface area (Å²) in [6.45, 7) is 2.29. The monoisotopic (exact) mass is 366 g/mol. The molecule has 19 heavy (non-hydrogen) atoms. The summed E-state index contributed by atoms with van der Waals surface area (Å²) in [7, 11) is -1.35. The van der Waals surface area contributed by atoms with Crippen LogP contribution in [0.5, 0.6) is 0 Å². The lowest BCUT2D eigenvalue weighted by Gasteiger charge is -2.30. The van der Waals surface area contributed by atoms with Crippen LogP contribution in [0.25, 0.3) is 0 Å². The Bertz CT molecular complexity index is 508. The van der Waals surface area contributed by atoms with Gasteiger partial charge in [0, 0.05) is 17.6 Å². The molecule has 4 nitrogen and oxygen atoms in total. The number of halogens is 1. The van der Waals surface area contributed by atoms with E-state index in [0.29, 0.717) is 27.7 Å². The zero-order chi connectivity index (χ0) is 13.9. The Balaban J connectivity index is 2.00. The van der Waals surface area contributed by atoms with Crippen molar-refractivity contribution in [2.24, 2.45) is 5.92 Å². The lowest BCUT2D eigenvalue weighted by Crippen LogP contribution is -2.38. The summed E-state index contributed by atoms with van der Waals surface area (Å²) in [5.74, 6) is 0.644. The van der Waals surface area contributed by atoms with Gasteiger partial charge in [0.25, 0.3) is 10.0 Å². The zero-order valence-electron chi connectivity index (χ0n) is 10.9. The summed E-state index contributed by atoms with van der Waals surface area (Å²) < 4.78 is 27.7. The molecule has 7 heteroatoms. The first-order valence-electron chi connectivity index (χ1n) is 6.43. The van der Waals surface area contributed by atoms with Crippen LogP contribution in [0.1, 0.15) is 19.3 Å². The molecule has 0 unspecified atom stereocenters. The van der Waals surface area contributed by atoms with Crippen molar-refractivity contribution in [1.82, 2.24) is 9.62 Å². The maximum absolute atomic E-state index is 12.5. The van der Waals surface area contributed by atoms with Gasteiger partial charge < -0.3 is 5.32 Å². The van der Waals surface area contributed by atoms with E-state index in [0.717, 1.165) is 25.8 Å². The van der Waals surface area contributed by atoms with Crippen molar-refractivity contribution in [1.29, 1.82) is 0 Å². The van der Waals surface area contributed by atoms with Gasteiger partial charge in [0.15, 0.2) is 0 Å². The van der Waals surface area contributed by atoms with Crippen molar-refractivity contribution in [2.45, 2.75) is 23.5 Å². The summed E-state index contributed by atoms with van der Waals surface area (Å²) in [6, 6.07) is 1.79. The molecule has 1 aliphatic rings. The van der Waals surface area contributed by atoms with Crippen LogP contribution in [0.4, 0.5) is 0 Å². The van der Waals surface area contributed by atoms with E-state index in [1.807, 2.05) is 7.05 Å². The highest BCUT2D eigenvalue weighted by molar-refractivity contribution is 9.10. The van der Waals surface area contributed by atoms with E-state index < -0.39 is 10.0 Å². The van der Waals surface area contributed by atoms with Crippen LogP contribution in [0.3, 0.4) is 0 Å². The van der Waals surface area contributed by atoms with Gasteiger partial charge >= 0.3 is 0 Å². The molecule has 0 aliphatic carbocycles. The van der Waals surface area contributed by atoms with E-state index in [4.69, 9.17) is 0 Å². The lowest BCUT2D eigenvalue weighted by molar-refractivity contribution is 0.263. The highest BCUT2D eigenvalue weighted by atomic mass is 79.9. The van der Waals surface area contributed by atoms with E-state index in [1.165, 1.54) is 11.3 Å². The second kappa shape index (κ2) is 6.67. The van der Waals surface area contributed by atoms with Crippen molar-refractivity contribution in [3.8, 4) is 0 Å². The first kappa shape index (κ1) is 15.4. The summed E-state index contributed by atoms with van der Waals surface area (Å²) in [5, 5.41) is 4.95. The fourth-order valence-electron chi connectivity index (χ4n) is 2.37. The van der Waals surface area contributed by atoms with E-state index in [1.54, 1.807) is 15.8 Å². The number of hydrogen-bond donors (Lipinski definition) is 1. The van der Waals surface area contributed by atoms with Crippen molar-refractivity contribution >= 4 is 37.3 Å². The van der Waals surface area contributed by atoms with Gasteiger partial charge in [-0.1, -0.05) is 0 Å². The van der Waals surface area contributed by atoms with Crippen molar-refractivity contribution in [2.75, 3.05) is 26.7 Å². The molecule has 1 fully saturated rings. The molecule has 2 rings (SSSR count). The Morgan fingerprint density at radius 3 is 2.68 bits per heavy atom. The van der Waals surface area contributed by atoms with Crippen LogP contribution in [0.2, 0.25) is 0 Å². The SMILES string of the molecule is CNCCC1CCN(S(=O)(=O)c2sccc2Br)CC1. The molecule has 0 spiro atoms. The normalized spacial score (nSPS) is 18.8. The summed E-state index contributed by atoms with van der Waals surface area (Å²) >= 11 is 4.59. The van der Waals surface area contributed by atoms with Crippen LogP contribution in [-0.4, -0.2) is 39.4 Å². The first-order chi connectivity index (χ1) is 9.05. The van der Waals surface area contributed by atoms with Gasteiger partial charge in [0.1, 0.15) is 4.21 Å². The second-order valence-corrected chi connectivity index (χ2v) is 8.70. The number of rotatable bonds is 5. The third-order valence-electron chi connectivity index (χ3n) is 3.53. The average Bonchev–Trinajstić information content (AvgIpc) is 2.84. The minimum Gasteiger partial charge on any atom is -0.320 e. The molecule has 1 saturated heterocycles. The Labute approximate surface area is 127 Å². The summed E-state index contributed by atoms with van der Waals surface area (Å²) in [6.07, 6.45) is 3.06. The predicted octanol–water partition coefficient (Wildman–Crippen LogP) is 2.52. The molecule has 0 aromatic carbocycles. The zero-order valence-corrected chi connectivity index (χ0v) is 14.2. The molecule has 1 aromatic heterocycles. The number of sulfonamides is 1. The van der Waals surface area contributed by atoms with Gasteiger partial charge in [-0.3, -0.25) is 0 Å². The van der Waals surface area contributed by atoms with Gasteiger partial charge in [0.05, 0.1) is 0 Å². The van der Waals surface area contributed by atoms with E-state index in [9.17, 15) is 8.42 Å². The molecule has 1 aliphatic heterocycles. The van der Waals surface area contributed by atoms with Crippen LogP contribution in [-0.2, 0) is 10.0 Å². The number of piperidine rings is 1. The molecule has 0 radical (unpaired) electrons. The molecule has 0 saturated carbocycles. The van der Waals surface area contributed by atoms with Crippen molar-refractivity contribution in [3.05, 3.63) is 15.9 Å². The fraction of sp³-hybridized carbons (Fsp3) is 0.667. The topological polar surface area (TPSA) is 49.4 Å². The molecular weight excluding hydrogens is 348 g/mol. The maximum Gasteiger partial charge on any atom is 0.253 e. The van der Waals surface area contributed by atoms with Crippen molar-refractivity contribution in [3.63, 3.8) is 0 Å². The Morgan fingerprint density at radius 2 is 2.16 bits per heavy atom. The Morgan fingerprint density at radius 1 is 1.47 bits per heavy atom. The highest BCUT2D eigenvalue weighted by Gasteiger charge is 2.31. The fourth-order valence-corrected chi connectivity index (χ4v) is 6.29. The van der Waals surface area contributed by atoms with Gasteiger partial charge in [-0.05, 0) is 66.1 Å². The van der Waals surface area contributed by atoms with Crippen LogP contribution in [0, 0.1) is 5.92 Å². The van der Waals surface area contributed by atoms with Crippen LogP contribution >= 0.6 is 27.3 Å². The Hall–Kier alpha value is 0.0500. The molecule has 2 heterocycles. The molecule has 108 valence electrons. The van der Waals surface area contributed by atoms with E-state index in [2.05, 4.69) is 21.2 Å². The second-order valence-electron chi connectivity index (χ2n) is 4.80. The molecule has 0 atom stereocenters. The summed E-state index contributed by atoms with van der Waals surface area (Å²) in [4.78, 5) is 0. The number of thiophene rings is 1. The van der Waals surface area contributed by atoms with E-state index in [-0.39, 0.29) is 0 Å². The van der Waals surface area contributed by atoms with E-state index >= 15 is 0 Å². The summed E-state index contributed by atoms with van der Waals surface area (Å²) in [5.41, 5.74) is 0. The molecule has 0 amide bonds. The molecule has 1 N–H and O–H groups in total. The van der Waals surface area contributed by atoms with Gasteiger partial charge in [-0.25, -0.2) is 8.42 Å². The lowest BCUT2D eigenvalue weighted by atomic mass is 9.95. The van der Waals surface area contributed by atoms with Crippen LogP contribution in [0.15, 0.2) is 20.1 Å². The maximum atomic E-state index is 12.5. The molecule has 1 aromatic rings. The third-order valence-corrected chi connectivity index (χ3v) is 8.08. The smallest absolute Gasteiger partial charge is 0.253 e. The quantitative estimate of drug-likeness (QED) is 0.870. The highest BCUT2D eigenvalue weighted by Crippen LogP contribution is 2.32.